The average Bonchev–Trinajstić information content (AvgIpc) is 2.21. The highest BCUT2D eigenvalue weighted by Gasteiger charge is 2.17. The van der Waals surface area contributed by atoms with E-state index >= 15 is 0 Å². The molecule has 0 saturated heterocycles. The van der Waals surface area contributed by atoms with E-state index in [2.05, 4.69) is 4.72 Å². The summed E-state index contributed by atoms with van der Waals surface area (Å²) in [7, 11) is -3.50. The Labute approximate surface area is 119 Å². The number of nitrogens with one attached hydrogen (secondary N) is 1. The van der Waals surface area contributed by atoms with E-state index < -0.39 is 10.0 Å². The summed E-state index contributed by atoms with van der Waals surface area (Å²) >= 11 is 5.89. The molecule has 0 spiro atoms. The van der Waals surface area contributed by atoms with Crippen molar-refractivity contribution in [3.63, 3.8) is 0 Å². The zero-order valence-electron chi connectivity index (χ0n) is 10.3. The van der Waals surface area contributed by atoms with Gasteiger partial charge in [0.15, 0.2) is 0 Å². The summed E-state index contributed by atoms with van der Waals surface area (Å²) in [6, 6.07) is 4.79. The van der Waals surface area contributed by atoms with Gasteiger partial charge in [-0.05, 0) is 38.0 Å². The van der Waals surface area contributed by atoms with Crippen LogP contribution in [0.3, 0.4) is 0 Å². The van der Waals surface area contributed by atoms with Crippen LogP contribution in [0.25, 0.3) is 0 Å². The average molecular weight is 313 g/mol. The third-order valence-electron chi connectivity index (χ3n) is 2.40. The second-order valence-corrected chi connectivity index (χ2v) is 6.17. The minimum Gasteiger partial charge on any atom is -0.328 e. The van der Waals surface area contributed by atoms with Crippen LogP contribution in [0.4, 0.5) is 0 Å². The maximum absolute atomic E-state index is 12.0. The lowest BCUT2D eigenvalue weighted by atomic mass is 10.2. The van der Waals surface area contributed by atoms with Gasteiger partial charge in [0.25, 0.3) is 0 Å². The van der Waals surface area contributed by atoms with Crippen LogP contribution < -0.4 is 10.5 Å². The Morgan fingerprint density at radius 1 is 1.44 bits per heavy atom. The van der Waals surface area contributed by atoms with Gasteiger partial charge in [0.1, 0.15) is 0 Å². The molecule has 1 atom stereocenters. The molecular formula is C11H18Cl2N2O2S. The molecule has 0 saturated carbocycles. The summed E-state index contributed by atoms with van der Waals surface area (Å²) in [5.41, 5.74) is 6.12. The van der Waals surface area contributed by atoms with Crippen LogP contribution in [-0.2, 0) is 10.0 Å². The Kier molecular flexibility index (Phi) is 7.17. The first-order chi connectivity index (χ1) is 7.84. The van der Waals surface area contributed by atoms with E-state index in [4.69, 9.17) is 17.3 Å². The Morgan fingerprint density at radius 3 is 2.61 bits per heavy atom. The predicted molar refractivity (Wildman–Crippen MR) is 76.9 cm³/mol. The number of nitrogens with two attached hydrogens (primary N) is 1. The molecule has 1 aromatic carbocycles. The standard InChI is InChI=1S/C11H17ClN2O2S.ClH/c1-8(13)6-7-14-17(15,16)11-5-3-4-10(12)9(11)2;/h3-5,8,14H,6-7,13H2,1-2H3;1H. The van der Waals surface area contributed by atoms with Crippen LogP contribution in [0, 0.1) is 6.92 Å². The molecule has 1 aromatic rings. The fourth-order valence-corrected chi connectivity index (χ4v) is 2.92. The molecule has 0 aliphatic carbocycles. The van der Waals surface area contributed by atoms with E-state index in [1.165, 1.54) is 6.07 Å². The zero-order valence-corrected chi connectivity index (χ0v) is 12.7. The lowest BCUT2D eigenvalue weighted by molar-refractivity contribution is 0.571. The molecule has 0 radical (unpaired) electrons. The number of hydrogen-bond acceptors (Lipinski definition) is 3. The van der Waals surface area contributed by atoms with Crippen molar-refractivity contribution in [3.8, 4) is 0 Å². The van der Waals surface area contributed by atoms with E-state index in [1.807, 2.05) is 6.92 Å². The number of benzene rings is 1. The van der Waals surface area contributed by atoms with Crippen LogP contribution >= 0.6 is 24.0 Å². The molecule has 4 nitrogen and oxygen atoms in total. The fourth-order valence-electron chi connectivity index (χ4n) is 1.38. The lowest BCUT2D eigenvalue weighted by Gasteiger charge is -2.11. The summed E-state index contributed by atoms with van der Waals surface area (Å²) in [6.07, 6.45) is 0.596. The van der Waals surface area contributed by atoms with Crippen LogP contribution in [0.15, 0.2) is 23.1 Å². The summed E-state index contributed by atoms with van der Waals surface area (Å²) in [5, 5.41) is 0.445. The molecule has 0 bridgehead atoms. The highest BCUT2D eigenvalue weighted by Crippen LogP contribution is 2.22. The number of hydrogen-bond donors (Lipinski definition) is 2. The highest BCUT2D eigenvalue weighted by atomic mass is 35.5. The molecule has 1 unspecified atom stereocenters. The summed E-state index contributed by atoms with van der Waals surface area (Å²) in [5.74, 6) is 0. The SMILES string of the molecule is Cc1c(Cl)cccc1S(=O)(=O)NCCC(C)N.Cl. The summed E-state index contributed by atoms with van der Waals surface area (Å²) in [6.45, 7) is 3.84. The van der Waals surface area contributed by atoms with Gasteiger partial charge in [-0.25, -0.2) is 13.1 Å². The number of halogens is 2. The Hall–Kier alpha value is -0.330. The molecule has 0 aliphatic heterocycles. The molecule has 7 heteroatoms. The first-order valence-electron chi connectivity index (χ1n) is 5.35. The van der Waals surface area contributed by atoms with Crippen LogP contribution in [-0.4, -0.2) is 21.0 Å². The zero-order chi connectivity index (χ0) is 13.1. The molecule has 0 amide bonds. The van der Waals surface area contributed by atoms with Crippen molar-refractivity contribution >= 4 is 34.0 Å². The van der Waals surface area contributed by atoms with E-state index in [-0.39, 0.29) is 23.3 Å². The second-order valence-electron chi connectivity index (χ2n) is 4.03. The molecule has 3 N–H and O–H groups in total. The van der Waals surface area contributed by atoms with E-state index in [0.29, 0.717) is 23.6 Å². The predicted octanol–water partition coefficient (Wildman–Crippen LogP) is 2.09. The van der Waals surface area contributed by atoms with Gasteiger partial charge in [0.05, 0.1) is 4.90 Å². The van der Waals surface area contributed by atoms with Gasteiger partial charge < -0.3 is 5.73 Å². The van der Waals surface area contributed by atoms with Crippen molar-refractivity contribution in [1.82, 2.24) is 4.72 Å². The Bertz CT molecular complexity index is 490. The van der Waals surface area contributed by atoms with Gasteiger partial charge in [-0.1, -0.05) is 17.7 Å². The number of sulfonamides is 1. The lowest BCUT2D eigenvalue weighted by Crippen LogP contribution is -2.29. The quantitative estimate of drug-likeness (QED) is 0.874. The van der Waals surface area contributed by atoms with Gasteiger partial charge in [-0.2, -0.15) is 0 Å². The van der Waals surface area contributed by atoms with Crippen molar-refractivity contribution in [2.24, 2.45) is 5.73 Å². The minimum atomic E-state index is -3.50. The van der Waals surface area contributed by atoms with Crippen molar-refractivity contribution in [3.05, 3.63) is 28.8 Å². The third kappa shape index (κ3) is 4.74. The maximum atomic E-state index is 12.0. The monoisotopic (exact) mass is 312 g/mol. The topological polar surface area (TPSA) is 72.2 Å². The molecule has 0 heterocycles. The third-order valence-corrected chi connectivity index (χ3v) is 4.41. The normalized spacial score (nSPS) is 12.9. The fraction of sp³-hybridized carbons (Fsp3) is 0.455. The number of rotatable bonds is 5. The van der Waals surface area contributed by atoms with Gasteiger partial charge >= 0.3 is 0 Å². The summed E-state index contributed by atoms with van der Waals surface area (Å²) in [4.78, 5) is 0.217. The van der Waals surface area contributed by atoms with Crippen molar-refractivity contribution in [1.29, 1.82) is 0 Å². The molecule has 1 rings (SSSR count). The van der Waals surface area contributed by atoms with E-state index in [0.717, 1.165) is 0 Å². The highest BCUT2D eigenvalue weighted by molar-refractivity contribution is 7.89. The largest absolute Gasteiger partial charge is 0.328 e. The Balaban J connectivity index is 0.00000289. The van der Waals surface area contributed by atoms with Gasteiger partial charge in [0.2, 0.25) is 10.0 Å². The molecule has 0 fully saturated rings. The maximum Gasteiger partial charge on any atom is 0.240 e. The van der Waals surface area contributed by atoms with Crippen LogP contribution in [0.5, 0.6) is 0 Å². The van der Waals surface area contributed by atoms with Crippen LogP contribution in [0.2, 0.25) is 5.02 Å². The van der Waals surface area contributed by atoms with Gasteiger partial charge in [-0.3, -0.25) is 0 Å². The van der Waals surface area contributed by atoms with E-state index in [1.54, 1.807) is 19.1 Å². The molecular weight excluding hydrogens is 295 g/mol. The molecule has 0 aliphatic rings. The van der Waals surface area contributed by atoms with Crippen molar-refractivity contribution in [2.75, 3.05) is 6.54 Å². The van der Waals surface area contributed by atoms with Crippen molar-refractivity contribution in [2.45, 2.75) is 31.2 Å². The van der Waals surface area contributed by atoms with Crippen molar-refractivity contribution < 1.29 is 8.42 Å². The summed E-state index contributed by atoms with van der Waals surface area (Å²) < 4.78 is 26.5. The van der Waals surface area contributed by atoms with Gasteiger partial charge in [0, 0.05) is 17.6 Å². The minimum absolute atomic E-state index is 0. The molecule has 18 heavy (non-hydrogen) atoms. The molecule has 0 aromatic heterocycles. The second kappa shape index (κ2) is 7.31. The smallest absolute Gasteiger partial charge is 0.240 e. The molecule has 104 valence electrons. The van der Waals surface area contributed by atoms with E-state index in [9.17, 15) is 8.42 Å². The first kappa shape index (κ1) is 17.7. The van der Waals surface area contributed by atoms with Crippen LogP contribution in [0.1, 0.15) is 18.9 Å². The first-order valence-corrected chi connectivity index (χ1v) is 7.21. The Morgan fingerprint density at radius 2 is 2.06 bits per heavy atom. The van der Waals surface area contributed by atoms with Gasteiger partial charge in [-0.15, -0.1) is 12.4 Å².